The van der Waals surface area contributed by atoms with E-state index in [-0.39, 0.29) is 23.8 Å². The van der Waals surface area contributed by atoms with E-state index in [1.54, 1.807) is 42.9 Å². The molecule has 1 N–H and O–H groups in total. The molecule has 7 nitrogen and oxygen atoms in total. The van der Waals surface area contributed by atoms with Crippen LogP contribution in [0.5, 0.6) is 0 Å². The number of nitrogens with one attached hydrogen (secondary N) is 1. The van der Waals surface area contributed by atoms with Crippen LogP contribution in [0, 0.1) is 0 Å². The van der Waals surface area contributed by atoms with Gasteiger partial charge >= 0.3 is 0 Å². The first-order valence-electron chi connectivity index (χ1n) is 11.2. The third-order valence-electron chi connectivity index (χ3n) is 6.18. The number of hydrogen-bond acceptors (Lipinski definition) is 5. The average molecular weight is 551 g/mol. The summed E-state index contributed by atoms with van der Waals surface area (Å²) < 4.78 is 0.808. The Balaban J connectivity index is 1.39. The molecule has 35 heavy (non-hydrogen) atoms. The second kappa shape index (κ2) is 10.1. The largest absolute Gasteiger partial charge is 0.347 e. The Morgan fingerprint density at radius 3 is 2.60 bits per heavy atom. The summed E-state index contributed by atoms with van der Waals surface area (Å²) in [6.45, 7) is 0.953. The highest BCUT2D eigenvalue weighted by molar-refractivity contribution is 9.10. The lowest BCUT2D eigenvalue weighted by molar-refractivity contribution is 0.0671. The molecule has 0 saturated carbocycles. The number of nitrogens with zero attached hydrogens (tertiary/aromatic N) is 4. The number of aromatic nitrogens is 3. The predicted octanol–water partition coefficient (Wildman–Crippen LogP) is 4.87. The molecule has 1 aliphatic heterocycles. The van der Waals surface area contributed by atoms with Crippen molar-refractivity contribution in [2.75, 3.05) is 13.1 Å². The number of benzene rings is 2. The molecular weight excluding hydrogens is 530 g/mol. The number of amides is 2. The molecule has 0 unspecified atom stereocenters. The molecule has 2 atom stereocenters. The smallest absolute Gasteiger partial charge is 0.270 e. The van der Waals surface area contributed by atoms with Crippen LogP contribution in [-0.4, -0.2) is 50.8 Å². The summed E-state index contributed by atoms with van der Waals surface area (Å²) in [6, 6.07) is 16.6. The summed E-state index contributed by atoms with van der Waals surface area (Å²) in [7, 11) is 0. The summed E-state index contributed by atoms with van der Waals surface area (Å²) in [5.41, 5.74) is 3.02. The minimum absolute atomic E-state index is 0.0796. The summed E-state index contributed by atoms with van der Waals surface area (Å²) in [5, 5.41) is 3.53. The molecule has 5 rings (SSSR count). The van der Waals surface area contributed by atoms with Gasteiger partial charge in [-0.2, -0.15) is 0 Å². The maximum Gasteiger partial charge on any atom is 0.270 e. The number of piperidine rings is 1. The Morgan fingerprint density at radius 1 is 1.03 bits per heavy atom. The van der Waals surface area contributed by atoms with E-state index in [1.807, 2.05) is 35.2 Å². The molecular formula is C26H21BrClN5O2. The van der Waals surface area contributed by atoms with Crippen LogP contribution in [0.15, 0.2) is 77.7 Å². The fraction of sp³-hybridized carbons (Fsp3) is 0.192. The van der Waals surface area contributed by atoms with E-state index in [1.165, 1.54) is 0 Å². The molecule has 0 aliphatic carbocycles. The lowest BCUT2D eigenvalue weighted by Crippen LogP contribution is -2.51. The van der Waals surface area contributed by atoms with Gasteiger partial charge in [-0.3, -0.25) is 19.6 Å². The van der Waals surface area contributed by atoms with Crippen molar-refractivity contribution in [2.45, 2.75) is 18.4 Å². The molecule has 0 spiro atoms. The van der Waals surface area contributed by atoms with Crippen molar-refractivity contribution in [3.8, 4) is 0 Å². The Hall–Kier alpha value is -3.36. The first-order valence-corrected chi connectivity index (χ1v) is 12.3. The Bertz CT molecular complexity index is 1380. The fourth-order valence-electron chi connectivity index (χ4n) is 4.44. The third-order valence-corrected chi connectivity index (χ3v) is 6.94. The van der Waals surface area contributed by atoms with Crippen molar-refractivity contribution in [3.05, 3.63) is 99.5 Å². The molecule has 0 bridgehead atoms. The maximum absolute atomic E-state index is 13.5. The van der Waals surface area contributed by atoms with Gasteiger partial charge < -0.3 is 10.2 Å². The molecule has 1 saturated heterocycles. The number of fused-ring (bicyclic) bond motifs is 1. The summed E-state index contributed by atoms with van der Waals surface area (Å²) in [5.74, 6) is -0.438. The van der Waals surface area contributed by atoms with Gasteiger partial charge in [-0.1, -0.05) is 41.9 Å². The van der Waals surface area contributed by atoms with Gasteiger partial charge in [0.05, 0.1) is 10.5 Å². The molecule has 0 radical (unpaired) electrons. The standard InChI is InChI=1S/C26H21BrClN5O2/c27-18-6-7-22(31-14-18)25(34)32-21-8-11-33(15-19(21)16-4-2-1-3-5-16)26(35)17-12-20(28)24-23(13-17)29-9-10-30-24/h1-7,9-10,12-14,19,21H,8,11,15H2,(H,32,34)/t19-,21-/m1/s1. The van der Waals surface area contributed by atoms with Gasteiger partial charge in [0.15, 0.2) is 0 Å². The van der Waals surface area contributed by atoms with Crippen LogP contribution in [0.1, 0.15) is 38.7 Å². The van der Waals surface area contributed by atoms with Crippen molar-refractivity contribution in [1.82, 2.24) is 25.2 Å². The van der Waals surface area contributed by atoms with Crippen LogP contribution >= 0.6 is 27.5 Å². The minimum atomic E-state index is -0.233. The molecule has 1 aliphatic rings. The first-order chi connectivity index (χ1) is 17.0. The van der Waals surface area contributed by atoms with E-state index in [0.717, 1.165) is 10.0 Å². The molecule has 2 aromatic carbocycles. The second-order valence-electron chi connectivity index (χ2n) is 8.38. The van der Waals surface area contributed by atoms with Crippen LogP contribution in [0.25, 0.3) is 11.0 Å². The number of pyridine rings is 1. The molecule has 3 heterocycles. The van der Waals surface area contributed by atoms with Gasteiger partial charge in [0.2, 0.25) is 0 Å². The van der Waals surface area contributed by atoms with E-state index < -0.39 is 0 Å². The molecule has 4 aromatic rings. The van der Waals surface area contributed by atoms with E-state index in [4.69, 9.17) is 11.6 Å². The zero-order chi connectivity index (χ0) is 24.4. The number of carbonyl (C=O) groups is 2. The van der Waals surface area contributed by atoms with Crippen molar-refractivity contribution in [1.29, 1.82) is 0 Å². The summed E-state index contributed by atoms with van der Waals surface area (Å²) >= 11 is 9.73. The van der Waals surface area contributed by atoms with Crippen molar-refractivity contribution in [3.63, 3.8) is 0 Å². The van der Waals surface area contributed by atoms with Crippen LogP contribution in [-0.2, 0) is 0 Å². The van der Waals surface area contributed by atoms with Gasteiger partial charge in [-0.15, -0.1) is 0 Å². The summed E-state index contributed by atoms with van der Waals surface area (Å²) in [6.07, 6.45) is 5.36. The normalized spacial score (nSPS) is 17.8. The Morgan fingerprint density at radius 2 is 1.83 bits per heavy atom. The Kier molecular flexibility index (Phi) is 6.74. The highest BCUT2D eigenvalue weighted by atomic mass is 79.9. The third kappa shape index (κ3) is 5.04. The summed E-state index contributed by atoms with van der Waals surface area (Å²) in [4.78, 5) is 40.9. The minimum Gasteiger partial charge on any atom is -0.347 e. The zero-order valence-corrected chi connectivity index (χ0v) is 20.9. The van der Waals surface area contributed by atoms with E-state index >= 15 is 0 Å². The molecule has 2 aromatic heterocycles. The first kappa shape index (κ1) is 23.4. The average Bonchev–Trinajstić information content (AvgIpc) is 2.89. The van der Waals surface area contributed by atoms with Gasteiger partial charge in [-0.25, -0.2) is 4.98 Å². The lowest BCUT2D eigenvalue weighted by Gasteiger charge is -2.39. The monoisotopic (exact) mass is 549 g/mol. The topological polar surface area (TPSA) is 88.1 Å². The van der Waals surface area contributed by atoms with Crippen LogP contribution in [0.4, 0.5) is 0 Å². The number of halogens is 2. The van der Waals surface area contributed by atoms with Crippen LogP contribution in [0.2, 0.25) is 5.02 Å². The molecule has 2 amide bonds. The van der Waals surface area contributed by atoms with Crippen molar-refractivity contribution < 1.29 is 9.59 Å². The van der Waals surface area contributed by atoms with E-state index in [9.17, 15) is 9.59 Å². The Labute approximate surface area is 215 Å². The van der Waals surface area contributed by atoms with Gasteiger partial charge in [0, 0.05) is 53.7 Å². The van der Waals surface area contributed by atoms with Crippen LogP contribution in [0.3, 0.4) is 0 Å². The second-order valence-corrected chi connectivity index (χ2v) is 9.70. The molecule has 9 heteroatoms. The fourth-order valence-corrected chi connectivity index (χ4v) is 4.94. The molecule has 1 fully saturated rings. The maximum atomic E-state index is 13.5. The lowest BCUT2D eigenvalue weighted by atomic mass is 9.85. The van der Waals surface area contributed by atoms with Gasteiger partial charge in [-0.05, 0) is 52.2 Å². The SMILES string of the molecule is O=C(N[C@@H]1CCN(C(=O)c2cc(Cl)c3nccnc3c2)C[C@@H]1c1ccccc1)c1ccc(Br)cn1. The highest BCUT2D eigenvalue weighted by Gasteiger charge is 2.34. The number of carbonyl (C=O) groups excluding carboxylic acids is 2. The predicted molar refractivity (Wildman–Crippen MR) is 137 cm³/mol. The quantitative estimate of drug-likeness (QED) is 0.392. The van der Waals surface area contributed by atoms with Gasteiger partial charge in [0.25, 0.3) is 11.8 Å². The van der Waals surface area contributed by atoms with Crippen molar-refractivity contribution >= 4 is 50.4 Å². The van der Waals surface area contributed by atoms with Crippen LogP contribution < -0.4 is 5.32 Å². The highest BCUT2D eigenvalue weighted by Crippen LogP contribution is 2.30. The molecule has 176 valence electrons. The van der Waals surface area contributed by atoms with E-state index in [2.05, 4.69) is 36.2 Å². The van der Waals surface area contributed by atoms with E-state index in [0.29, 0.717) is 46.8 Å². The van der Waals surface area contributed by atoms with Crippen molar-refractivity contribution in [2.24, 2.45) is 0 Å². The number of rotatable bonds is 4. The number of likely N-dealkylation sites (tertiary alicyclic amines) is 1. The number of hydrogen-bond donors (Lipinski definition) is 1. The zero-order valence-electron chi connectivity index (χ0n) is 18.6. The van der Waals surface area contributed by atoms with Gasteiger partial charge in [0.1, 0.15) is 11.2 Å².